The summed E-state index contributed by atoms with van der Waals surface area (Å²) in [4.78, 5) is 20.8. The van der Waals surface area contributed by atoms with E-state index in [1.165, 1.54) is 4.88 Å². The summed E-state index contributed by atoms with van der Waals surface area (Å²) in [5.74, 6) is 1.32. The average molecular weight is 398 g/mol. The molecule has 146 valence electrons. The summed E-state index contributed by atoms with van der Waals surface area (Å²) < 4.78 is 11.3. The first-order valence-corrected chi connectivity index (χ1v) is 10.4. The van der Waals surface area contributed by atoms with Crippen LogP contribution < -0.4 is 0 Å². The molecule has 1 aliphatic rings. The van der Waals surface area contributed by atoms with Crippen molar-refractivity contribution in [3.8, 4) is 11.5 Å². The highest BCUT2D eigenvalue weighted by Crippen LogP contribution is 2.21. The second-order valence-corrected chi connectivity index (χ2v) is 8.19. The lowest BCUT2D eigenvalue weighted by Gasteiger charge is -2.31. The highest BCUT2D eigenvalue weighted by atomic mass is 32.1. The van der Waals surface area contributed by atoms with Crippen molar-refractivity contribution in [1.29, 1.82) is 0 Å². The van der Waals surface area contributed by atoms with Crippen LogP contribution in [-0.2, 0) is 11.2 Å². The minimum absolute atomic E-state index is 0.136. The summed E-state index contributed by atoms with van der Waals surface area (Å²) in [7, 11) is 0. The number of hydrogen-bond donors (Lipinski definition) is 0. The largest absolute Gasteiger partial charge is 0.378 e. The number of amides is 1. The number of piperidine rings is 1. The van der Waals surface area contributed by atoms with Gasteiger partial charge in [0.1, 0.15) is 0 Å². The van der Waals surface area contributed by atoms with Crippen molar-refractivity contribution in [2.75, 3.05) is 19.7 Å². The first-order valence-electron chi connectivity index (χ1n) is 9.54. The Balaban J connectivity index is 1.21. The van der Waals surface area contributed by atoms with E-state index in [9.17, 15) is 4.79 Å². The van der Waals surface area contributed by atoms with Crippen LogP contribution in [0.25, 0.3) is 11.5 Å². The number of hydrogen-bond acceptors (Lipinski definition) is 6. The Hall–Kier alpha value is -2.51. The topological polar surface area (TPSA) is 68.5 Å². The maximum absolute atomic E-state index is 12.5. The van der Waals surface area contributed by atoms with Gasteiger partial charge in [0.15, 0.2) is 5.82 Å². The maximum Gasteiger partial charge on any atom is 0.263 e. The first-order chi connectivity index (χ1) is 13.7. The predicted octanol–water partition coefficient (Wildman–Crippen LogP) is 3.97. The van der Waals surface area contributed by atoms with Crippen molar-refractivity contribution in [2.45, 2.75) is 32.3 Å². The summed E-state index contributed by atoms with van der Waals surface area (Å²) in [6.07, 6.45) is 2.51. The number of benzene rings is 1. The number of rotatable bonds is 6. The molecule has 1 amide bonds. The fourth-order valence-corrected chi connectivity index (χ4v) is 4.14. The van der Waals surface area contributed by atoms with Gasteiger partial charge in [-0.05, 0) is 44.0 Å². The Morgan fingerprint density at radius 3 is 2.71 bits per heavy atom. The first kappa shape index (κ1) is 18.8. The van der Waals surface area contributed by atoms with E-state index in [1.807, 2.05) is 54.3 Å². The van der Waals surface area contributed by atoms with Crippen LogP contribution in [0.1, 0.15) is 33.2 Å². The molecule has 2 aromatic heterocycles. The fraction of sp³-hybridized carbons (Fsp3) is 0.381. The Kier molecular flexibility index (Phi) is 5.83. The smallest absolute Gasteiger partial charge is 0.263 e. The quantitative estimate of drug-likeness (QED) is 0.629. The van der Waals surface area contributed by atoms with Crippen LogP contribution in [0.3, 0.4) is 0 Å². The van der Waals surface area contributed by atoms with Gasteiger partial charge in [-0.2, -0.15) is 4.98 Å². The van der Waals surface area contributed by atoms with E-state index < -0.39 is 0 Å². The minimum atomic E-state index is 0.136. The van der Waals surface area contributed by atoms with Crippen molar-refractivity contribution >= 4 is 17.2 Å². The van der Waals surface area contributed by atoms with Gasteiger partial charge in [0.05, 0.1) is 17.6 Å². The molecule has 28 heavy (non-hydrogen) atoms. The van der Waals surface area contributed by atoms with E-state index in [4.69, 9.17) is 9.26 Å². The van der Waals surface area contributed by atoms with Gasteiger partial charge in [0.25, 0.3) is 11.8 Å². The van der Waals surface area contributed by atoms with Gasteiger partial charge >= 0.3 is 0 Å². The molecule has 1 fully saturated rings. The second kappa shape index (κ2) is 8.67. The average Bonchev–Trinajstić information content (AvgIpc) is 3.38. The normalized spacial score (nSPS) is 15.1. The molecule has 0 spiro atoms. The molecule has 1 aliphatic heterocycles. The van der Waals surface area contributed by atoms with E-state index >= 15 is 0 Å². The SMILES string of the molecule is Cc1ccc(C(=O)N2CCC(OCCc3noc(-c4ccccc4)n3)CC2)s1. The van der Waals surface area contributed by atoms with Gasteiger partial charge in [0, 0.05) is 30.0 Å². The molecule has 0 saturated carbocycles. The van der Waals surface area contributed by atoms with Crippen LogP contribution in [0.15, 0.2) is 47.0 Å². The Bertz CT molecular complexity index is 914. The molecular formula is C21H23N3O3S. The molecule has 1 saturated heterocycles. The molecule has 0 aliphatic carbocycles. The summed E-state index contributed by atoms with van der Waals surface area (Å²) >= 11 is 1.56. The molecule has 3 heterocycles. The van der Waals surface area contributed by atoms with E-state index in [1.54, 1.807) is 11.3 Å². The van der Waals surface area contributed by atoms with Crippen molar-refractivity contribution in [3.63, 3.8) is 0 Å². The van der Waals surface area contributed by atoms with E-state index in [-0.39, 0.29) is 12.0 Å². The monoisotopic (exact) mass is 397 g/mol. The highest BCUT2D eigenvalue weighted by Gasteiger charge is 2.24. The predicted molar refractivity (Wildman–Crippen MR) is 107 cm³/mol. The van der Waals surface area contributed by atoms with Crippen LogP contribution in [0.4, 0.5) is 0 Å². The third kappa shape index (κ3) is 4.48. The summed E-state index contributed by atoms with van der Waals surface area (Å²) in [5, 5.41) is 4.03. The van der Waals surface area contributed by atoms with Crippen molar-refractivity contribution in [2.24, 2.45) is 0 Å². The van der Waals surface area contributed by atoms with Gasteiger partial charge in [-0.3, -0.25) is 4.79 Å². The van der Waals surface area contributed by atoms with Gasteiger partial charge in [-0.15, -0.1) is 11.3 Å². The van der Waals surface area contributed by atoms with Gasteiger partial charge in [0.2, 0.25) is 0 Å². The minimum Gasteiger partial charge on any atom is -0.378 e. The molecule has 0 atom stereocenters. The van der Waals surface area contributed by atoms with Gasteiger partial charge < -0.3 is 14.2 Å². The lowest BCUT2D eigenvalue weighted by Crippen LogP contribution is -2.40. The molecule has 0 N–H and O–H groups in total. The molecule has 6 nitrogen and oxygen atoms in total. The van der Waals surface area contributed by atoms with Crippen molar-refractivity contribution in [3.05, 3.63) is 58.0 Å². The van der Waals surface area contributed by atoms with E-state index in [0.717, 1.165) is 36.4 Å². The number of thiophene rings is 1. The molecule has 4 rings (SSSR count). The second-order valence-electron chi connectivity index (χ2n) is 6.90. The van der Waals surface area contributed by atoms with Crippen LogP contribution in [0, 0.1) is 6.92 Å². The van der Waals surface area contributed by atoms with Crippen LogP contribution in [-0.4, -0.2) is 46.7 Å². The molecule has 0 radical (unpaired) electrons. The number of likely N-dealkylation sites (tertiary alicyclic amines) is 1. The van der Waals surface area contributed by atoms with Gasteiger partial charge in [-0.1, -0.05) is 23.4 Å². The molecule has 0 bridgehead atoms. The Morgan fingerprint density at radius 2 is 2.00 bits per heavy atom. The standard InChI is InChI=1S/C21H23N3O3S/c1-15-7-8-18(28-15)21(25)24-12-9-17(10-13-24)26-14-11-19-22-20(27-23-19)16-5-3-2-4-6-16/h2-8,17H,9-14H2,1H3. The Morgan fingerprint density at radius 1 is 1.21 bits per heavy atom. The number of ether oxygens (including phenoxy) is 1. The zero-order valence-corrected chi connectivity index (χ0v) is 16.7. The summed E-state index contributed by atoms with van der Waals surface area (Å²) in [6, 6.07) is 13.6. The number of carbonyl (C=O) groups excluding carboxylic acids is 1. The highest BCUT2D eigenvalue weighted by molar-refractivity contribution is 7.13. The van der Waals surface area contributed by atoms with Crippen LogP contribution in [0.2, 0.25) is 0 Å². The van der Waals surface area contributed by atoms with Crippen molar-refractivity contribution < 1.29 is 14.1 Å². The number of aromatic nitrogens is 2. The van der Waals surface area contributed by atoms with E-state index in [2.05, 4.69) is 10.1 Å². The van der Waals surface area contributed by atoms with Crippen molar-refractivity contribution in [1.82, 2.24) is 15.0 Å². The molecule has 1 aromatic carbocycles. The van der Waals surface area contributed by atoms with Crippen LogP contribution >= 0.6 is 11.3 Å². The zero-order valence-electron chi connectivity index (χ0n) is 15.8. The zero-order chi connectivity index (χ0) is 19.3. The summed E-state index contributed by atoms with van der Waals surface area (Å²) in [5.41, 5.74) is 0.917. The molecule has 0 unspecified atom stereocenters. The lowest BCUT2D eigenvalue weighted by atomic mass is 10.1. The van der Waals surface area contributed by atoms with Gasteiger partial charge in [-0.25, -0.2) is 0 Å². The molecular weight excluding hydrogens is 374 g/mol. The summed E-state index contributed by atoms with van der Waals surface area (Å²) in [6.45, 7) is 4.05. The molecule has 3 aromatic rings. The number of aryl methyl sites for hydroxylation is 1. The number of carbonyl (C=O) groups is 1. The van der Waals surface area contributed by atoms with E-state index in [0.29, 0.717) is 24.7 Å². The number of nitrogens with zero attached hydrogens (tertiary/aromatic N) is 3. The third-order valence-corrected chi connectivity index (χ3v) is 5.84. The maximum atomic E-state index is 12.5. The Labute approximate surface area is 168 Å². The molecule has 7 heteroatoms. The van der Waals surface area contributed by atoms with Crippen LogP contribution in [0.5, 0.6) is 0 Å². The third-order valence-electron chi connectivity index (χ3n) is 4.85. The fourth-order valence-electron chi connectivity index (χ4n) is 3.30. The lowest BCUT2D eigenvalue weighted by molar-refractivity contribution is 0.00961.